The van der Waals surface area contributed by atoms with Crippen molar-refractivity contribution in [1.29, 1.82) is 0 Å². The fraction of sp³-hybridized carbons (Fsp3) is 0.500. The zero-order valence-corrected chi connectivity index (χ0v) is 13.7. The van der Waals surface area contributed by atoms with Gasteiger partial charge in [-0.15, -0.1) is 11.6 Å². The Hall–Kier alpha value is -0.000000000000000111. The first-order chi connectivity index (χ1) is 8.76. The van der Waals surface area contributed by atoms with Gasteiger partial charge in [-0.3, -0.25) is 0 Å². The summed E-state index contributed by atoms with van der Waals surface area (Å²) < 4.78 is 26.9. The maximum atomic E-state index is 12.2. The summed E-state index contributed by atoms with van der Waals surface area (Å²) in [7, 11) is -3.63. The highest BCUT2D eigenvalue weighted by Gasteiger charge is 2.21. The van der Waals surface area contributed by atoms with Gasteiger partial charge >= 0.3 is 0 Å². The van der Waals surface area contributed by atoms with Crippen LogP contribution in [-0.2, 0) is 10.0 Å². The molecule has 1 atom stereocenters. The molecule has 0 radical (unpaired) electrons. The van der Waals surface area contributed by atoms with Gasteiger partial charge in [0.05, 0.1) is 14.9 Å². The van der Waals surface area contributed by atoms with E-state index in [1.54, 1.807) is 0 Å². The van der Waals surface area contributed by atoms with Gasteiger partial charge in [0.2, 0.25) is 10.0 Å². The van der Waals surface area contributed by atoms with E-state index < -0.39 is 10.0 Å². The van der Waals surface area contributed by atoms with E-state index in [0.29, 0.717) is 17.4 Å². The zero-order valence-electron chi connectivity index (χ0n) is 10.7. The molecule has 0 saturated carbocycles. The van der Waals surface area contributed by atoms with Gasteiger partial charge in [-0.1, -0.05) is 37.0 Å². The van der Waals surface area contributed by atoms with Crippen molar-refractivity contribution in [2.24, 2.45) is 5.92 Å². The number of nitrogens with one attached hydrogen (secondary N) is 1. The molecule has 1 rings (SSSR count). The highest BCUT2D eigenvalue weighted by Crippen LogP contribution is 2.25. The molecule has 7 heteroatoms. The van der Waals surface area contributed by atoms with Gasteiger partial charge in [0.1, 0.15) is 0 Å². The summed E-state index contributed by atoms with van der Waals surface area (Å²) in [5.74, 6) is 0.568. The molecule has 0 aliphatic rings. The minimum absolute atomic E-state index is 0.0840. The lowest BCUT2D eigenvalue weighted by molar-refractivity contribution is 0.485. The summed E-state index contributed by atoms with van der Waals surface area (Å²) in [6, 6.07) is 3.89. The van der Waals surface area contributed by atoms with E-state index in [0.717, 1.165) is 0 Å². The van der Waals surface area contributed by atoms with Gasteiger partial charge in [0.25, 0.3) is 0 Å². The first-order valence-corrected chi connectivity index (χ1v) is 8.57. The predicted octanol–water partition coefficient (Wildman–Crippen LogP) is 3.93. The number of sulfonamides is 1. The summed E-state index contributed by atoms with van der Waals surface area (Å²) in [5, 5.41) is 0.521. The third-order valence-corrected chi connectivity index (χ3v) is 5.10. The Morgan fingerprint density at radius 1 is 1.21 bits per heavy atom. The molecule has 0 aliphatic carbocycles. The Labute approximate surface area is 129 Å². The van der Waals surface area contributed by atoms with Crippen LogP contribution in [0.2, 0.25) is 10.0 Å². The van der Waals surface area contributed by atoms with Crippen LogP contribution in [0, 0.1) is 5.92 Å². The molecule has 0 saturated heterocycles. The normalized spacial score (nSPS) is 13.8. The van der Waals surface area contributed by atoms with Gasteiger partial charge in [-0.2, -0.15) is 0 Å². The molecule has 0 aromatic heterocycles. The predicted molar refractivity (Wildman–Crippen MR) is 80.7 cm³/mol. The molecule has 0 spiro atoms. The number of halogens is 3. The van der Waals surface area contributed by atoms with E-state index in [1.807, 2.05) is 13.8 Å². The van der Waals surface area contributed by atoms with Crippen LogP contribution in [0.15, 0.2) is 23.1 Å². The fourth-order valence-corrected chi connectivity index (χ4v) is 3.58. The Bertz CT molecular complexity index is 532. The van der Waals surface area contributed by atoms with Crippen LogP contribution in [0.5, 0.6) is 0 Å². The highest BCUT2D eigenvalue weighted by molar-refractivity contribution is 7.89. The second-order valence-electron chi connectivity index (χ2n) is 4.68. The molecular formula is C12H16Cl3NO2S. The topological polar surface area (TPSA) is 46.2 Å². The van der Waals surface area contributed by atoms with Crippen LogP contribution in [0.1, 0.15) is 20.3 Å². The molecular weight excluding hydrogens is 329 g/mol. The van der Waals surface area contributed by atoms with E-state index in [-0.39, 0.29) is 21.8 Å². The van der Waals surface area contributed by atoms with Crippen molar-refractivity contribution in [2.75, 3.05) is 5.88 Å². The summed E-state index contributed by atoms with van der Waals surface area (Å²) in [6.45, 7) is 4.01. The SMILES string of the molecule is CC(C)CC(CCl)NS(=O)(=O)c1ccc(Cl)c(Cl)c1. The van der Waals surface area contributed by atoms with E-state index in [9.17, 15) is 8.42 Å². The standard InChI is InChI=1S/C12H16Cl3NO2S/c1-8(2)5-9(7-13)16-19(17,18)10-3-4-11(14)12(15)6-10/h3-4,6,8-9,16H,5,7H2,1-2H3. The van der Waals surface area contributed by atoms with Crippen LogP contribution in [0.25, 0.3) is 0 Å². The Morgan fingerprint density at radius 2 is 1.84 bits per heavy atom. The van der Waals surface area contributed by atoms with Crippen LogP contribution >= 0.6 is 34.8 Å². The van der Waals surface area contributed by atoms with Gasteiger partial charge < -0.3 is 0 Å². The van der Waals surface area contributed by atoms with Crippen molar-refractivity contribution in [3.05, 3.63) is 28.2 Å². The zero-order chi connectivity index (χ0) is 14.6. The van der Waals surface area contributed by atoms with Crippen LogP contribution in [-0.4, -0.2) is 20.3 Å². The van der Waals surface area contributed by atoms with Crippen molar-refractivity contribution in [3.63, 3.8) is 0 Å². The Balaban J connectivity index is 2.93. The molecule has 3 nitrogen and oxygen atoms in total. The van der Waals surface area contributed by atoms with E-state index >= 15 is 0 Å². The Morgan fingerprint density at radius 3 is 2.32 bits per heavy atom. The van der Waals surface area contributed by atoms with Gasteiger partial charge in [-0.05, 0) is 30.5 Å². The lowest BCUT2D eigenvalue weighted by atomic mass is 10.1. The van der Waals surface area contributed by atoms with Crippen molar-refractivity contribution in [1.82, 2.24) is 4.72 Å². The monoisotopic (exact) mass is 343 g/mol. The average Bonchev–Trinajstić information content (AvgIpc) is 2.30. The minimum Gasteiger partial charge on any atom is -0.207 e. The fourth-order valence-electron chi connectivity index (χ4n) is 1.64. The second-order valence-corrected chi connectivity index (χ2v) is 7.51. The van der Waals surface area contributed by atoms with Gasteiger partial charge in [0, 0.05) is 11.9 Å². The minimum atomic E-state index is -3.63. The maximum absolute atomic E-state index is 12.2. The Kier molecular flexibility index (Phi) is 6.40. The number of hydrogen-bond donors (Lipinski definition) is 1. The van der Waals surface area contributed by atoms with Crippen molar-refractivity contribution in [3.8, 4) is 0 Å². The molecule has 1 aromatic carbocycles. The molecule has 0 amide bonds. The molecule has 0 heterocycles. The third-order valence-electron chi connectivity index (χ3n) is 2.47. The van der Waals surface area contributed by atoms with Gasteiger partial charge in [-0.25, -0.2) is 13.1 Å². The lowest BCUT2D eigenvalue weighted by Crippen LogP contribution is -2.37. The molecule has 0 aliphatic heterocycles. The number of hydrogen-bond acceptors (Lipinski definition) is 2. The summed E-state index contributed by atoms with van der Waals surface area (Å²) in [5.41, 5.74) is 0. The summed E-state index contributed by atoms with van der Waals surface area (Å²) in [4.78, 5) is 0.0840. The van der Waals surface area contributed by atoms with Crippen LogP contribution in [0.4, 0.5) is 0 Å². The third kappa shape index (κ3) is 5.12. The van der Waals surface area contributed by atoms with E-state index in [4.69, 9.17) is 34.8 Å². The van der Waals surface area contributed by atoms with Crippen LogP contribution < -0.4 is 4.72 Å². The molecule has 1 unspecified atom stereocenters. The maximum Gasteiger partial charge on any atom is 0.240 e. The molecule has 0 bridgehead atoms. The molecule has 1 aromatic rings. The van der Waals surface area contributed by atoms with E-state index in [2.05, 4.69) is 4.72 Å². The molecule has 1 N–H and O–H groups in total. The largest absolute Gasteiger partial charge is 0.240 e. The lowest BCUT2D eigenvalue weighted by Gasteiger charge is -2.18. The number of rotatable bonds is 6. The highest BCUT2D eigenvalue weighted by atomic mass is 35.5. The van der Waals surface area contributed by atoms with Crippen molar-refractivity contribution < 1.29 is 8.42 Å². The molecule has 108 valence electrons. The molecule has 0 fully saturated rings. The van der Waals surface area contributed by atoms with E-state index in [1.165, 1.54) is 18.2 Å². The first-order valence-electron chi connectivity index (χ1n) is 5.79. The quantitative estimate of drug-likeness (QED) is 0.795. The molecule has 19 heavy (non-hydrogen) atoms. The number of benzene rings is 1. The average molecular weight is 345 g/mol. The summed E-state index contributed by atoms with van der Waals surface area (Å²) >= 11 is 17.4. The second kappa shape index (κ2) is 7.14. The van der Waals surface area contributed by atoms with Crippen LogP contribution in [0.3, 0.4) is 0 Å². The van der Waals surface area contributed by atoms with Crippen molar-refractivity contribution in [2.45, 2.75) is 31.2 Å². The van der Waals surface area contributed by atoms with Crippen molar-refractivity contribution >= 4 is 44.8 Å². The summed E-state index contributed by atoms with van der Waals surface area (Å²) in [6.07, 6.45) is 0.671. The van der Waals surface area contributed by atoms with Gasteiger partial charge in [0.15, 0.2) is 0 Å². The smallest absolute Gasteiger partial charge is 0.207 e. The first kappa shape index (κ1) is 17.1. The number of alkyl halides is 1.